The summed E-state index contributed by atoms with van der Waals surface area (Å²) >= 11 is 0. The van der Waals surface area contributed by atoms with Crippen molar-refractivity contribution in [1.29, 1.82) is 0 Å². The average molecular weight is 757 g/mol. The molecule has 0 bridgehead atoms. The molecule has 2 N–H and O–H groups in total. The maximum Gasteiger partial charge on any atom is 0.226 e. The maximum atomic E-state index is 12.2. The number of hydrogen-bond donors (Lipinski definition) is 2. The van der Waals surface area contributed by atoms with Gasteiger partial charge in [0.05, 0.1) is 12.1 Å². The molecule has 0 saturated heterocycles. The van der Waals surface area contributed by atoms with Crippen molar-refractivity contribution in [3.8, 4) is 0 Å². The van der Waals surface area contributed by atoms with Crippen molar-refractivity contribution in [2.45, 2.75) is 142 Å². The molecule has 0 spiro atoms. The minimum Gasteiger partial charge on any atom is -0.382 e. The van der Waals surface area contributed by atoms with Gasteiger partial charge >= 0.3 is 0 Å². The molecule has 0 aromatic carbocycles. The Bertz CT molecular complexity index is 1030. The number of carbonyl (C=O) groups excluding carboxylic acids is 3. The van der Waals surface area contributed by atoms with Crippen LogP contribution in [0.5, 0.6) is 0 Å². The summed E-state index contributed by atoms with van der Waals surface area (Å²) in [6, 6.07) is 0.241. The largest absolute Gasteiger partial charge is 0.382 e. The third-order valence-corrected chi connectivity index (χ3v) is 10.7. The van der Waals surface area contributed by atoms with Crippen LogP contribution in [0.2, 0.25) is 0 Å². The van der Waals surface area contributed by atoms with Gasteiger partial charge in [0.25, 0.3) is 0 Å². The van der Waals surface area contributed by atoms with E-state index in [2.05, 4.69) is 54.7 Å². The molecular weight excluding hydrogens is 685 g/mol. The predicted octanol–water partition coefficient (Wildman–Crippen LogP) is 10.8. The molecule has 0 fully saturated rings. The summed E-state index contributed by atoms with van der Waals surface area (Å²) in [4.78, 5) is 39.5. The zero-order valence-electron chi connectivity index (χ0n) is 33.1. The van der Waals surface area contributed by atoms with Gasteiger partial charge in [-0.1, -0.05) is 128 Å². The summed E-state index contributed by atoms with van der Waals surface area (Å²) in [7, 11) is 7.25. The first-order valence-electron chi connectivity index (χ1n) is 19.4. The van der Waals surface area contributed by atoms with Gasteiger partial charge in [-0.2, -0.15) is 0 Å². The summed E-state index contributed by atoms with van der Waals surface area (Å²) in [5, 5.41) is 6.56. The number of allylic oxidation sites excluding steroid dienone is 7. The Kier molecular flexibility index (Phi) is 33.2. The van der Waals surface area contributed by atoms with Gasteiger partial charge in [0.1, 0.15) is 0 Å². The summed E-state index contributed by atoms with van der Waals surface area (Å²) in [6.45, 7) is 15.0. The molecule has 0 aliphatic rings. The lowest BCUT2D eigenvalue weighted by atomic mass is 10.1. The van der Waals surface area contributed by atoms with Crippen molar-refractivity contribution >= 4 is 39.3 Å². The van der Waals surface area contributed by atoms with E-state index in [-0.39, 0.29) is 29.8 Å². The van der Waals surface area contributed by atoms with Crippen LogP contribution in [0, 0.1) is 0 Å². The summed E-state index contributed by atoms with van der Waals surface area (Å²) in [6.07, 6.45) is 38.4. The highest BCUT2D eigenvalue weighted by atomic mass is 33.1. The third-order valence-electron chi connectivity index (χ3n) is 8.21. The fourth-order valence-corrected chi connectivity index (χ4v) is 7.60. The Morgan fingerprint density at radius 1 is 0.596 bits per heavy atom. The van der Waals surface area contributed by atoms with Gasteiger partial charge in [-0.25, -0.2) is 0 Å². The van der Waals surface area contributed by atoms with Crippen LogP contribution in [-0.2, 0) is 14.4 Å². The number of unbranched alkanes of at least 4 members (excludes halogenated alkanes) is 12. The normalized spacial score (nSPS) is 12.8. The zero-order valence-corrected chi connectivity index (χ0v) is 34.8. The van der Waals surface area contributed by atoms with Crippen molar-refractivity contribution in [3.05, 3.63) is 86.4 Å². The van der Waals surface area contributed by atoms with Crippen LogP contribution in [0.4, 0.5) is 0 Å². The molecule has 52 heavy (non-hydrogen) atoms. The minimum absolute atomic E-state index is 0.00596. The number of carbonyl (C=O) groups is 3. The van der Waals surface area contributed by atoms with E-state index in [4.69, 9.17) is 0 Å². The SMILES string of the molecule is C=CC/C=C/N(C)C(=O)CCCCCCCC/C=C/[C@H](CSSC[C@@H](/C=C/CCCCCCCCC(=O)N(C)/C=C/CC=C)NC(C)=O)NC(=C)C. The van der Waals surface area contributed by atoms with Crippen molar-refractivity contribution in [3.63, 3.8) is 0 Å². The van der Waals surface area contributed by atoms with E-state index in [0.29, 0.717) is 12.8 Å². The molecule has 0 aliphatic heterocycles. The fourth-order valence-electron chi connectivity index (χ4n) is 5.27. The quantitative estimate of drug-likeness (QED) is 0.0387. The second kappa shape index (κ2) is 35.1. The van der Waals surface area contributed by atoms with E-state index < -0.39 is 0 Å². The second-order valence-corrected chi connectivity index (χ2v) is 16.0. The Labute approximate surface area is 326 Å². The molecule has 294 valence electrons. The number of amides is 3. The fraction of sp³-hybridized carbons (Fsp3) is 0.605. The monoisotopic (exact) mass is 757 g/mol. The van der Waals surface area contributed by atoms with E-state index in [1.807, 2.05) is 68.5 Å². The Morgan fingerprint density at radius 3 is 1.37 bits per heavy atom. The molecule has 7 nitrogen and oxygen atoms in total. The Hall–Kier alpha value is -2.91. The zero-order chi connectivity index (χ0) is 38.7. The van der Waals surface area contributed by atoms with E-state index in [9.17, 15) is 14.4 Å². The van der Waals surface area contributed by atoms with Crippen LogP contribution in [0.1, 0.15) is 129 Å². The molecule has 0 saturated carbocycles. The lowest BCUT2D eigenvalue weighted by Crippen LogP contribution is -2.33. The highest BCUT2D eigenvalue weighted by Gasteiger charge is 2.10. The van der Waals surface area contributed by atoms with Crippen LogP contribution < -0.4 is 10.6 Å². The first-order chi connectivity index (χ1) is 25.1. The topological polar surface area (TPSA) is 81.8 Å². The molecule has 3 amide bonds. The van der Waals surface area contributed by atoms with Crippen LogP contribution in [0.25, 0.3) is 0 Å². The van der Waals surface area contributed by atoms with Gasteiger partial charge in [-0.05, 0) is 58.3 Å². The number of nitrogens with zero attached hydrogens (tertiary/aromatic N) is 2. The van der Waals surface area contributed by atoms with Crippen LogP contribution in [-0.4, -0.2) is 65.2 Å². The molecule has 9 heteroatoms. The van der Waals surface area contributed by atoms with Gasteiger partial charge in [0.15, 0.2) is 0 Å². The van der Waals surface area contributed by atoms with E-state index in [0.717, 1.165) is 81.4 Å². The first kappa shape index (κ1) is 49.1. The molecule has 0 rings (SSSR count). The molecule has 0 heterocycles. The van der Waals surface area contributed by atoms with Crippen molar-refractivity contribution in [1.82, 2.24) is 20.4 Å². The van der Waals surface area contributed by atoms with Crippen LogP contribution in [0.15, 0.2) is 86.4 Å². The Morgan fingerprint density at radius 2 is 0.981 bits per heavy atom. The number of nitrogens with one attached hydrogen (secondary N) is 2. The van der Waals surface area contributed by atoms with Gasteiger partial charge in [0.2, 0.25) is 17.7 Å². The van der Waals surface area contributed by atoms with E-state index in [1.165, 1.54) is 38.5 Å². The number of hydrogen-bond acceptors (Lipinski definition) is 6. The van der Waals surface area contributed by atoms with E-state index in [1.54, 1.807) is 27.5 Å². The molecule has 0 unspecified atom stereocenters. The summed E-state index contributed by atoms with van der Waals surface area (Å²) in [5.41, 5.74) is 0.961. The van der Waals surface area contributed by atoms with Gasteiger partial charge in [-0.3, -0.25) is 14.4 Å². The molecule has 0 aromatic rings. The van der Waals surface area contributed by atoms with Gasteiger partial charge in [-0.15, -0.1) is 13.2 Å². The molecule has 2 atom stereocenters. The maximum absolute atomic E-state index is 12.2. The highest BCUT2D eigenvalue weighted by Crippen LogP contribution is 2.24. The van der Waals surface area contributed by atoms with E-state index >= 15 is 0 Å². The summed E-state index contributed by atoms with van der Waals surface area (Å²) < 4.78 is 0. The van der Waals surface area contributed by atoms with Crippen molar-refractivity contribution < 1.29 is 14.4 Å². The highest BCUT2D eigenvalue weighted by molar-refractivity contribution is 8.76. The Balaban J connectivity index is 4.22. The standard InChI is InChI=1S/C43H72N4O3S2/c1-8-10-28-34-46(6)42(49)32-26-22-18-14-12-16-20-24-30-40(44-38(3)4)36-51-52-37-41(45-39(5)48)31-25-21-17-13-15-19-23-27-33-43(50)47(7)35-29-11-9-2/h8-9,24-25,28-31,34-35,40-41,44H,1-3,10-23,26-27,32-33,36-37H2,4-7H3,(H,45,48)/b30-24+,31-25+,34-28+,35-29+/t40-,41-/m1/s1. The first-order valence-corrected chi connectivity index (χ1v) is 21.9. The van der Waals surface area contributed by atoms with Crippen LogP contribution in [0.3, 0.4) is 0 Å². The predicted molar refractivity (Wildman–Crippen MR) is 230 cm³/mol. The average Bonchev–Trinajstić information content (AvgIpc) is 3.10. The van der Waals surface area contributed by atoms with Crippen molar-refractivity contribution in [2.24, 2.45) is 0 Å². The molecule has 0 aromatic heterocycles. The smallest absolute Gasteiger partial charge is 0.226 e. The minimum atomic E-state index is -0.00596. The van der Waals surface area contributed by atoms with Gasteiger partial charge < -0.3 is 20.4 Å². The number of rotatable bonds is 34. The lowest BCUT2D eigenvalue weighted by Gasteiger charge is -2.17. The van der Waals surface area contributed by atoms with Crippen LogP contribution >= 0.6 is 21.6 Å². The van der Waals surface area contributed by atoms with Crippen molar-refractivity contribution in [2.75, 3.05) is 25.6 Å². The summed E-state index contributed by atoms with van der Waals surface area (Å²) in [5.74, 6) is 2.07. The molecule has 0 radical (unpaired) electrons. The second-order valence-electron chi connectivity index (χ2n) is 13.4. The molecule has 0 aliphatic carbocycles. The third kappa shape index (κ3) is 31.8. The molecular formula is C43H72N4O3S2. The van der Waals surface area contributed by atoms with Gasteiger partial charge in [0, 0.05) is 63.5 Å². The lowest BCUT2D eigenvalue weighted by molar-refractivity contribution is -0.128.